The number of rotatable bonds is 8. The van der Waals surface area contributed by atoms with E-state index in [9.17, 15) is 9.59 Å². The summed E-state index contributed by atoms with van der Waals surface area (Å²) in [5.74, 6) is 1.88. The standard InChI is InChI=1S/C18H25N3O3S/c1-24-13-8-6-12(7-9-13)10-19-16(22)5-3-2-4-15-17-14(11-25-15)20-18(23)21-17/h6-9,14-15,17H,2-5,10-11H2,1H3,(H,19,22)(H2,20,21,23)/t14-,15-,17-/m0/s1. The molecule has 25 heavy (non-hydrogen) atoms. The number of amides is 3. The van der Waals surface area contributed by atoms with Gasteiger partial charge in [0.2, 0.25) is 5.91 Å². The van der Waals surface area contributed by atoms with Crippen molar-refractivity contribution >= 4 is 23.7 Å². The van der Waals surface area contributed by atoms with E-state index >= 15 is 0 Å². The van der Waals surface area contributed by atoms with Gasteiger partial charge in [-0.25, -0.2) is 4.79 Å². The highest BCUT2D eigenvalue weighted by Crippen LogP contribution is 2.33. The maximum absolute atomic E-state index is 12.0. The largest absolute Gasteiger partial charge is 0.497 e. The highest BCUT2D eigenvalue weighted by atomic mass is 32.2. The molecule has 7 heteroatoms. The first-order valence-corrected chi connectivity index (χ1v) is 9.79. The zero-order valence-corrected chi connectivity index (χ0v) is 15.2. The molecule has 3 amide bonds. The molecule has 0 aromatic heterocycles. The summed E-state index contributed by atoms with van der Waals surface area (Å²) in [4.78, 5) is 23.3. The molecule has 0 aliphatic carbocycles. The van der Waals surface area contributed by atoms with Gasteiger partial charge in [0.1, 0.15) is 5.75 Å². The van der Waals surface area contributed by atoms with Crippen molar-refractivity contribution < 1.29 is 14.3 Å². The van der Waals surface area contributed by atoms with Crippen LogP contribution in [-0.4, -0.2) is 42.1 Å². The van der Waals surface area contributed by atoms with Crippen LogP contribution in [0.15, 0.2) is 24.3 Å². The fraction of sp³-hybridized carbons (Fsp3) is 0.556. The predicted molar refractivity (Wildman–Crippen MR) is 98.8 cm³/mol. The van der Waals surface area contributed by atoms with Crippen molar-refractivity contribution in [3.63, 3.8) is 0 Å². The molecule has 2 aliphatic rings. The van der Waals surface area contributed by atoms with Gasteiger partial charge in [-0.05, 0) is 30.5 Å². The summed E-state index contributed by atoms with van der Waals surface area (Å²) < 4.78 is 5.12. The van der Waals surface area contributed by atoms with Crippen LogP contribution in [0.3, 0.4) is 0 Å². The predicted octanol–water partition coefficient (Wildman–Crippen LogP) is 2.04. The van der Waals surface area contributed by atoms with Crippen LogP contribution in [0.25, 0.3) is 0 Å². The average Bonchev–Trinajstić information content (AvgIpc) is 3.17. The Hall–Kier alpha value is -1.89. The number of benzene rings is 1. The lowest BCUT2D eigenvalue weighted by atomic mass is 10.0. The van der Waals surface area contributed by atoms with Gasteiger partial charge in [-0.2, -0.15) is 11.8 Å². The van der Waals surface area contributed by atoms with Crippen molar-refractivity contribution in [1.82, 2.24) is 16.0 Å². The summed E-state index contributed by atoms with van der Waals surface area (Å²) in [5, 5.41) is 9.37. The maximum atomic E-state index is 12.0. The number of carbonyl (C=O) groups excluding carboxylic acids is 2. The number of nitrogens with one attached hydrogen (secondary N) is 3. The molecule has 0 radical (unpaired) electrons. The van der Waals surface area contributed by atoms with Crippen LogP contribution in [0.1, 0.15) is 31.2 Å². The molecule has 3 rings (SSSR count). The van der Waals surface area contributed by atoms with Gasteiger partial charge in [0.15, 0.2) is 0 Å². The molecule has 1 aromatic carbocycles. The monoisotopic (exact) mass is 363 g/mol. The summed E-state index contributed by atoms with van der Waals surface area (Å²) in [5.41, 5.74) is 1.06. The second kappa shape index (κ2) is 8.47. The van der Waals surface area contributed by atoms with E-state index in [1.54, 1.807) is 7.11 Å². The Morgan fingerprint density at radius 2 is 2.08 bits per heavy atom. The molecule has 1 aromatic rings. The molecule has 2 fully saturated rings. The molecular formula is C18H25N3O3S. The average molecular weight is 363 g/mol. The zero-order chi connectivity index (χ0) is 17.6. The summed E-state index contributed by atoms with van der Waals surface area (Å²) in [6, 6.07) is 8.18. The van der Waals surface area contributed by atoms with E-state index in [0.29, 0.717) is 18.2 Å². The zero-order valence-electron chi connectivity index (χ0n) is 14.4. The summed E-state index contributed by atoms with van der Waals surface area (Å²) >= 11 is 1.92. The SMILES string of the molecule is COc1ccc(CNC(=O)CCCC[C@@H]2SC[C@@H]3NC(=O)N[C@@H]32)cc1. The third kappa shape index (κ3) is 4.81. The normalized spacial score (nSPS) is 24.4. The van der Waals surface area contributed by atoms with Gasteiger partial charge in [0, 0.05) is 24.0 Å². The first kappa shape index (κ1) is 17.9. The van der Waals surface area contributed by atoms with Crippen molar-refractivity contribution in [2.45, 2.75) is 49.6 Å². The van der Waals surface area contributed by atoms with Gasteiger partial charge in [-0.15, -0.1) is 0 Å². The summed E-state index contributed by atoms with van der Waals surface area (Å²) in [6.07, 6.45) is 3.47. The summed E-state index contributed by atoms with van der Waals surface area (Å²) in [7, 11) is 1.64. The van der Waals surface area contributed by atoms with E-state index in [0.717, 1.165) is 36.3 Å². The first-order chi connectivity index (χ1) is 12.2. The lowest BCUT2D eigenvalue weighted by molar-refractivity contribution is -0.121. The molecule has 6 nitrogen and oxygen atoms in total. The molecule has 2 aliphatic heterocycles. The van der Waals surface area contributed by atoms with E-state index < -0.39 is 0 Å². The fourth-order valence-corrected chi connectivity index (χ4v) is 4.85. The van der Waals surface area contributed by atoms with Crippen LogP contribution in [0, 0.1) is 0 Å². The Morgan fingerprint density at radius 1 is 1.28 bits per heavy atom. The Bertz CT molecular complexity index is 608. The van der Waals surface area contributed by atoms with Crippen LogP contribution in [0.4, 0.5) is 4.79 Å². The molecule has 0 unspecified atom stereocenters. The highest BCUT2D eigenvalue weighted by molar-refractivity contribution is 8.00. The lowest BCUT2D eigenvalue weighted by Gasteiger charge is -2.16. The van der Waals surface area contributed by atoms with Crippen molar-refractivity contribution in [3.8, 4) is 5.75 Å². The molecule has 2 saturated heterocycles. The van der Waals surface area contributed by atoms with Crippen LogP contribution < -0.4 is 20.7 Å². The number of ether oxygens (including phenoxy) is 1. The van der Waals surface area contributed by atoms with Gasteiger partial charge < -0.3 is 20.7 Å². The molecule has 0 spiro atoms. The van der Waals surface area contributed by atoms with Crippen molar-refractivity contribution in [3.05, 3.63) is 29.8 Å². The van der Waals surface area contributed by atoms with Crippen LogP contribution in [0.2, 0.25) is 0 Å². The molecule has 0 bridgehead atoms. The third-order valence-electron chi connectivity index (χ3n) is 4.73. The minimum absolute atomic E-state index is 0.0433. The number of urea groups is 1. The Labute approximate surface area is 152 Å². The minimum atomic E-state index is -0.0433. The van der Waals surface area contributed by atoms with Gasteiger partial charge in [-0.1, -0.05) is 18.6 Å². The van der Waals surface area contributed by atoms with E-state index in [-0.39, 0.29) is 24.0 Å². The quantitative estimate of drug-likeness (QED) is 0.488. The molecule has 0 saturated carbocycles. The van der Waals surface area contributed by atoms with E-state index in [2.05, 4.69) is 16.0 Å². The molecule has 136 valence electrons. The van der Waals surface area contributed by atoms with Crippen LogP contribution in [-0.2, 0) is 11.3 Å². The molecule has 3 N–H and O–H groups in total. The second-order valence-electron chi connectivity index (χ2n) is 6.49. The van der Waals surface area contributed by atoms with Gasteiger partial charge in [0.05, 0.1) is 19.2 Å². The number of methoxy groups -OCH3 is 1. The smallest absolute Gasteiger partial charge is 0.315 e. The van der Waals surface area contributed by atoms with Crippen LogP contribution >= 0.6 is 11.8 Å². The van der Waals surface area contributed by atoms with Crippen molar-refractivity contribution in [2.75, 3.05) is 12.9 Å². The van der Waals surface area contributed by atoms with E-state index in [1.807, 2.05) is 36.0 Å². The number of thioether (sulfide) groups is 1. The first-order valence-electron chi connectivity index (χ1n) is 8.74. The molecule has 3 atom stereocenters. The Morgan fingerprint density at radius 3 is 2.84 bits per heavy atom. The van der Waals surface area contributed by atoms with Gasteiger partial charge >= 0.3 is 6.03 Å². The van der Waals surface area contributed by atoms with Crippen molar-refractivity contribution in [2.24, 2.45) is 0 Å². The lowest BCUT2D eigenvalue weighted by Crippen LogP contribution is -2.36. The Balaban J connectivity index is 1.29. The highest BCUT2D eigenvalue weighted by Gasteiger charge is 2.42. The molecule has 2 heterocycles. The Kier molecular flexibility index (Phi) is 6.07. The topological polar surface area (TPSA) is 79.5 Å². The number of unbranched alkanes of at least 4 members (excludes halogenated alkanes) is 1. The minimum Gasteiger partial charge on any atom is -0.497 e. The number of hydrogen-bond acceptors (Lipinski definition) is 4. The number of fused-ring (bicyclic) bond motifs is 1. The van der Waals surface area contributed by atoms with Gasteiger partial charge in [0.25, 0.3) is 0 Å². The fourth-order valence-electron chi connectivity index (χ4n) is 3.31. The van der Waals surface area contributed by atoms with Gasteiger partial charge in [-0.3, -0.25) is 4.79 Å². The van der Waals surface area contributed by atoms with Crippen molar-refractivity contribution in [1.29, 1.82) is 0 Å². The summed E-state index contributed by atoms with van der Waals surface area (Å²) in [6.45, 7) is 0.544. The maximum Gasteiger partial charge on any atom is 0.315 e. The third-order valence-corrected chi connectivity index (χ3v) is 6.24. The molecular weight excluding hydrogens is 338 g/mol. The number of hydrogen-bond donors (Lipinski definition) is 3. The van der Waals surface area contributed by atoms with Crippen LogP contribution in [0.5, 0.6) is 5.75 Å². The van der Waals surface area contributed by atoms with E-state index in [1.165, 1.54) is 0 Å². The second-order valence-corrected chi connectivity index (χ2v) is 7.76. The van der Waals surface area contributed by atoms with E-state index in [4.69, 9.17) is 4.74 Å². The number of carbonyl (C=O) groups is 2.